The number of hydrogen-bond acceptors (Lipinski definition) is 4. The molecule has 2 aromatic heterocycles. The molecule has 0 radical (unpaired) electrons. The van der Waals surface area contributed by atoms with E-state index in [0.717, 1.165) is 22.5 Å². The van der Waals surface area contributed by atoms with Crippen molar-refractivity contribution in [2.75, 3.05) is 0 Å². The lowest BCUT2D eigenvalue weighted by molar-refractivity contribution is 0.0697. The van der Waals surface area contributed by atoms with Crippen LogP contribution in [0.5, 0.6) is 0 Å². The molecule has 22 heavy (non-hydrogen) atoms. The summed E-state index contributed by atoms with van der Waals surface area (Å²) in [4.78, 5) is 15.1. The van der Waals surface area contributed by atoms with Crippen molar-refractivity contribution in [3.63, 3.8) is 0 Å². The van der Waals surface area contributed by atoms with E-state index in [1.54, 1.807) is 36.7 Å². The lowest BCUT2D eigenvalue weighted by Crippen LogP contribution is -1.95. The lowest BCUT2D eigenvalue weighted by atomic mass is 9.98. The van der Waals surface area contributed by atoms with Gasteiger partial charge in [-0.3, -0.25) is 4.98 Å². The highest BCUT2D eigenvalue weighted by atomic mass is 16.5. The summed E-state index contributed by atoms with van der Waals surface area (Å²) in [5, 5.41) is 13.2. The molecule has 5 nitrogen and oxygen atoms in total. The third-order valence-electron chi connectivity index (χ3n) is 3.44. The van der Waals surface area contributed by atoms with Crippen LogP contribution in [0.3, 0.4) is 0 Å². The van der Waals surface area contributed by atoms with Crippen molar-refractivity contribution >= 4 is 5.97 Å². The van der Waals surface area contributed by atoms with Crippen molar-refractivity contribution in [2.24, 2.45) is 0 Å². The Labute approximate surface area is 127 Å². The van der Waals surface area contributed by atoms with Gasteiger partial charge in [-0.25, -0.2) is 4.79 Å². The van der Waals surface area contributed by atoms with Crippen LogP contribution in [0.25, 0.3) is 22.4 Å². The Morgan fingerprint density at radius 3 is 2.55 bits per heavy atom. The van der Waals surface area contributed by atoms with E-state index in [1.165, 1.54) is 0 Å². The summed E-state index contributed by atoms with van der Waals surface area (Å²) in [6.45, 7) is 1.99. The Kier molecular flexibility index (Phi) is 3.70. The van der Waals surface area contributed by atoms with Gasteiger partial charge in [-0.05, 0) is 29.8 Å². The summed E-state index contributed by atoms with van der Waals surface area (Å²) in [5.41, 5.74) is 3.59. The van der Waals surface area contributed by atoms with Crippen molar-refractivity contribution < 1.29 is 14.4 Å². The van der Waals surface area contributed by atoms with Crippen molar-refractivity contribution in [3.8, 4) is 22.4 Å². The zero-order valence-electron chi connectivity index (χ0n) is 12.0. The number of carboxylic acids is 1. The first kappa shape index (κ1) is 14.0. The summed E-state index contributed by atoms with van der Waals surface area (Å²) < 4.78 is 5.44. The molecule has 0 bridgehead atoms. The Hall–Kier alpha value is -2.95. The van der Waals surface area contributed by atoms with Gasteiger partial charge < -0.3 is 9.63 Å². The molecule has 0 spiro atoms. The molecular formula is C17H14N2O3. The number of aryl methyl sites for hydroxylation is 1. The second kappa shape index (κ2) is 5.81. The third-order valence-corrected chi connectivity index (χ3v) is 3.44. The highest BCUT2D eigenvalue weighted by molar-refractivity contribution is 5.89. The topological polar surface area (TPSA) is 76.2 Å². The molecule has 1 N–H and O–H groups in total. The minimum atomic E-state index is -0.944. The van der Waals surface area contributed by atoms with Gasteiger partial charge in [0.15, 0.2) is 0 Å². The molecule has 0 saturated carbocycles. The maximum Gasteiger partial charge on any atom is 0.335 e. The minimum Gasteiger partial charge on any atom is -0.478 e. The second-order valence-corrected chi connectivity index (χ2v) is 4.81. The highest BCUT2D eigenvalue weighted by Gasteiger charge is 2.18. The fraction of sp³-hybridized carbons (Fsp3) is 0.118. The smallest absolute Gasteiger partial charge is 0.335 e. The average Bonchev–Trinajstić information content (AvgIpc) is 2.99. The highest BCUT2D eigenvalue weighted by Crippen LogP contribution is 2.34. The van der Waals surface area contributed by atoms with Gasteiger partial charge in [-0.15, -0.1) is 0 Å². The fourth-order valence-electron chi connectivity index (χ4n) is 2.34. The number of carboxylic acid groups (broad SMARTS) is 1. The number of aromatic carboxylic acids is 1. The molecule has 2 heterocycles. The normalized spacial score (nSPS) is 10.6. The van der Waals surface area contributed by atoms with Crippen molar-refractivity contribution in [2.45, 2.75) is 13.3 Å². The number of nitrogens with zero attached hydrogens (tertiary/aromatic N) is 2. The quantitative estimate of drug-likeness (QED) is 0.794. The lowest BCUT2D eigenvalue weighted by Gasteiger charge is -2.04. The van der Waals surface area contributed by atoms with Gasteiger partial charge in [0.2, 0.25) is 0 Å². The first-order valence-electron chi connectivity index (χ1n) is 6.93. The maximum atomic E-state index is 11.0. The van der Waals surface area contributed by atoms with E-state index in [1.807, 2.05) is 19.1 Å². The summed E-state index contributed by atoms with van der Waals surface area (Å²) in [7, 11) is 0. The third kappa shape index (κ3) is 2.48. The molecule has 0 aliphatic heterocycles. The van der Waals surface area contributed by atoms with Crippen LogP contribution in [0.15, 0.2) is 53.3 Å². The number of hydrogen-bond donors (Lipinski definition) is 1. The van der Waals surface area contributed by atoms with Gasteiger partial charge in [-0.2, -0.15) is 0 Å². The molecule has 0 fully saturated rings. The number of rotatable bonds is 4. The van der Waals surface area contributed by atoms with Crippen LogP contribution < -0.4 is 0 Å². The van der Waals surface area contributed by atoms with Crippen LogP contribution in [-0.2, 0) is 6.42 Å². The molecule has 5 heteroatoms. The predicted molar refractivity (Wildman–Crippen MR) is 81.5 cm³/mol. The van der Waals surface area contributed by atoms with E-state index in [9.17, 15) is 4.79 Å². The molecule has 0 aliphatic carbocycles. The maximum absolute atomic E-state index is 11.0. The van der Waals surface area contributed by atoms with Gasteiger partial charge in [0, 0.05) is 24.4 Å². The standard InChI is InChI=1S/C17H14N2O3/c1-2-14-15(11-5-7-12(8-6-11)17(20)21)16(19-22-14)13-4-3-9-18-10-13/h3-10H,2H2,1H3,(H,20,21). The number of pyridine rings is 1. The van der Waals surface area contributed by atoms with Crippen LogP contribution >= 0.6 is 0 Å². The molecule has 1 aromatic carbocycles. The molecule has 0 unspecified atom stereocenters. The van der Waals surface area contributed by atoms with Crippen LogP contribution in [0.1, 0.15) is 23.0 Å². The van der Waals surface area contributed by atoms with E-state index in [-0.39, 0.29) is 5.56 Å². The minimum absolute atomic E-state index is 0.251. The Balaban J connectivity index is 2.13. The van der Waals surface area contributed by atoms with E-state index in [4.69, 9.17) is 9.63 Å². The van der Waals surface area contributed by atoms with Crippen LogP contribution in [-0.4, -0.2) is 21.2 Å². The molecule has 110 valence electrons. The Morgan fingerprint density at radius 1 is 1.18 bits per heavy atom. The van der Waals surface area contributed by atoms with Crippen molar-refractivity contribution in [1.82, 2.24) is 10.1 Å². The fourth-order valence-corrected chi connectivity index (χ4v) is 2.34. The molecule has 0 saturated heterocycles. The van der Waals surface area contributed by atoms with Gasteiger partial charge in [-0.1, -0.05) is 24.2 Å². The van der Waals surface area contributed by atoms with Crippen LogP contribution in [0.4, 0.5) is 0 Å². The van der Waals surface area contributed by atoms with Crippen LogP contribution in [0, 0.1) is 0 Å². The molecule has 0 aliphatic rings. The largest absolute Gasteiger partial charge is 0.478 e. The Bertz CT molecular complexity index is 793. The van der Waals surface area contributed by atoms with Crippen molar-refractivity contribution in [1.29, 1.82) is 0 Å². The molecule has 0 amide bonds. The molecule has 0 atom stereocenters. The van der Waals surface area contributed by atoms with Gasteiger partial charge >= 0.3 is 5.97 Å². The van der Waals surface area contributed by atoms with Gasteiger partial charge in [0.05, 0.1) is 11.1 Å². The average molecular weight is 294 g/mol. The van der Waals surface area contributed by atoms with Gasteiger partial charge in [0.1, 0.15) is 11.5 Å². The molecular weight excluding hydrogens is 280 g/mol. The first-order valence-corrected chi connectivity index (χ1v) is 6.93. The molecule has 3 rings (SSSR count). The zero-order valence-corrected chi connectivity index (χ0v) is 12.0. The first-order chi connectivity index (χ1) is 10.7. The second-order valence-electron chi connectivity index (χ2n) is 4.81. The van der Waals surface area contributed by atoms with E-state index in [0.29, 0.717) is 12.1 Å². The number of carbonyl (C=O) groups is 1. The summed E-state index contributed by atoms with van der Waals surface area (Å²) in [6.07, 6.45) is 4.13. The van der Waals surface area contributed by atoms with Crippen LogP contribution in [0.2, 0.25) is 0 Å². The molecule has 3 aromatic rings. The summed E-state index contributed by atoms with van der Waals surface area (Å²) in [5.74, 6) is -0.179. The van der Waals surface area contributed by atoms with Crippen molar-refractivity contribution in [3.05, 3.63) is 60.1 Å². The predicted octanol–water partition coefficient (Wildman–Crippen LogP) is 3.66. The summed E-state index contributed by atoms with van der Waals surface area (Å²) in [6, 6.07) is 10.5. The van der Waals surface area contributed by atoms with E-state index in [2.05, 4.69) is 10.1 Å². The summed E-state index contributed by atoms with van der Waals surface area (Å²) >= 11 is 0. The SMILES string of the molecule is CCc1onc(-c2cccnc2)c1-c1ccc(C(=O)O)cc1. The number of benzene rings is 1. The number of aromatic nitrogens is 2. The van der Waals surface area contributed by atoms with E-state index < -0.39 is 5.97 Å². The zero-order chi connectivity index (χ0) is 15.5. The monoisotopic (exact) mass is 294 g/mol. The van der Waals surface area contributed by atoms with Gasteiger partial charge in [0.25, 0.3) is 0 Å². The van der Waals surface area contributed by atoms with E-state index >= 15 is 0 Å². The Morgan fingerprint density at radius 2 is 1.95 bits per heavy atom.